The van der Waals surface area contributed by atoms with E-state index in [1.165, 1.54) is 0 Å². The van der Waals surface area contributed by atoms with Gasteiger partial charge >= 0.3 is 0 Å². The summed E-state index contributed by atoms with van der Waals surface area (Å²) in [6.45, 7) is 0.477. The molecule has 1 saturated carbocycles. The number of aromatic nitrogens is 1. The minimum Gasteiger partial charge on any atom is -0.487 e. The molecule has 3 N–H and O–H groups in total. The molecule has 14 heavy (non-hydrogen) atoms. The van der Waals surface area contributed by atoms with E-state index in [0.29, 0.717) is 12.6 Å². The summed E-state index contributed by atoms with van der Waals surface area (Å²) in [5, 5.41) is 3.10. The molecule has 0 unspecified atom stereocenters. The normalized spacial score (nSPS) is 15.3. The molecule has 76 valence electrons. The average Bonchev–Trinajstić information content (AvgIpc) is 3.01. The maximum Gasteiger partial charge on any atom is 0.161 e. The molecular formula is C10H15N3O. The third-order valence-electron chi connectivity index (χ3n) is 2.28. The van der Waals surface area contributed by atoms with E-state index in [4.69, 9.17) is 10.5 Å². The summed E-state index contributed by atoms with van der Waals surface area (Å²) in [5.74, 6) is 0.818. The highest BCUT2D eigenvalue weighted by Gasteiger charge is 2.25. The van der Waals surface area contributed by atoms with E-state index in [0.717, 1.165) is 29.8 Å². The molecule has 0 aliphatic heterocycles. The molecule has 0 saturated heterocycles. The first-order valence-corrected chi connectivity index (χ1v) is 4.86. The fraction of sp³-hybridized carbons (Fsp3) is 0.500. The standard InChI is InChI=1S/C10H15N3O/c1-12-10-7(4-11)5-13-6-9(10)14-8-2-3-8/h5-6,8H,2-4,11H2,1H3,(H,12,13). The zero-order valence-corrected chi connectivity index (χ0v) is 8.29. The Morgan fingerprint density at radius 3 is 2.93 bits per heavy atom. The van der Waals surface area contributed by atoms with Gasteiger partial charge in [-0.25, -0.2) is 0 Å². The summed E-state index contributed by atoms with van der Waals surface area (Å²) < 4.78 is 5.71. The van der Waals surface area contributed by atoms with Gasteiger partial charge in [-0.1, -0.05) is 0 Å². The van der Waals surface area contributed by atoms with Crippen molar-refractivity contribution in [1.82, 2.24) is 4.98 Å². The van der Waals surface area contributed by atoms with Crippen molar-refractivity contribution < 1.29 is 4.74 Å². The summed E-state index contributed by atoms with van der Waals surface area (Å²) in [7, 11) is 1.87. The van der Waals surface area contributed by atoms with Crippen molar-refractivity contribution in [2.75, 3.05) is 12.4 Å². The number of nitrogens with zero attached hydrogens (tertiary/aromatic N) is 1. The Morgan fingerprint density at radius 1 is 1.57 bits per heavy atom. The van der Waals surface area contributed by atoms with Gasteiger partial charge in [0.25, 0.3) is 0 Å². The number of hydrogen-bond acceptors (Lipinski definition) is 4. The van der Waals surface area contributed by atoms with Gasteiger partial charge in [-0.2, -0.15) is 0 Å². The highest BCUT2D eigenvalue weighted by atomic mass is 16.5. The highest BCUT2D eigenvalue weighted by molar-refractivity contribution is 5.60. The molecule has 0 amide bonds. The lowest BCUT2D eigenvalue weighted by Crippen LogP contribution is -2.06. The second kappa shape index (κ2) is 3.84. The van der Waals surface area contributed by atoms with E-state index in [9.17, 15) is 0 Å². The third-order valence-corrected chi connectivity index (χ3v) is 2.28. The summed E-state index contributed by atoms with van der Waals surface area (Å²) in [4.78, 5) is 4.10. The predicted octanol–water partition coefficient (Wildman–Crippen LogP) is 1.12. The van der Waals surface area contributed by atoms with Crippen molar-refractivity contribution in [3.8, 4) is 5.75 Å². The molecule has 2 rings (SSSR count). The topological polar surface area (TPSA) is 60.2 Å². The Bertz CT molecular complexity index is 323. The van der Waals surface area contributed by atoms with Crippen molar-refractivity contribution in [3.63, 3.8) is 0 Å². The van der Waals surface area contributed by atoms with Crippen molar-refractivity contribution in [1.29, 1.82) is 0 Å². The van der Waals surface area contributed by atoms with Crippen LogP contribution < -0.4 is 15.8 Å². The monoisotopic (exact) mass is 193 g/mol. The second-order valence-electron chi connectivity index (χ2n) is 3.44. The van der Waals surface area contributed by atoms with Crippen LogP contribution in [0.2, 0.25) is 0 Å². The molecule has 4 nitrogen and oxygen atoms in total. The quantitative estimate of drug-likeness (QED) is 0.752. The first kappa shape index (κ1) is 9.27. The highest BCUT2D eigenvalue weighted by Crippen LogP contribution is 2.32. The molecule has 1 aromatic heterocycles. The third kappa shape index (κ3) is 1.80. The summed E-state index contributed by atoms with van der Waals surface area (Å²) in [5.41, 5.74) is 7.56. The van der Waals surface area contributed by atoms with Crippen LogP contribution in [0.3, 0.4) is 0 Å². The van der Waals surface area contributed by atoms with Gasteiger partial charge < -0.3 is 15.8 Å². The molecule has 0 spiro atoms. The maximum absolute atomic E-state index is 5.71. The average molecular weight is 193 g/mol. The Labute approximate surface area is 83.5 Å². The smallest absolute Gasteiger partial charge is 0.161 e. The van der Waals surface area contributed by atoms with Crippen LogP contribution >= 0.6 is 0 Å². The van der Waals surface area contributed by atoms with E-state index >= 15 is 0 Å². The predicted molar refractivity (Wildman–Crippen MR) is 55.3 cm³/mol. The zero-order valence-electron chi connectivity index (χ0n) is 8.29. The number of nitrogens with two attached hydrogens (primary N) is 1. The van der Waals surface area contributed by atoms with Crippen LogP contribution in [0.5, 0.6) is 5.75 Å². The Kier molecular flexibility index (Phi) is 2.54. The lowest BCUT2D eigenvalue weighted by molar-refractivity contribution is 0.303. The summed E-state index contributed by atoms with van der Waals surface area (Å²) >= 11 is 0. The molecule has 4 heteroatoms. The Morgan fingerprint density at radius 2 is 2.36 bits per heavy atom. The van der Waals surface area contributed by atoms with Crippen LogP contribution in [-0.4, -0.2) is 18.1 Å². The van der Waals surface area contributed by atoms with Crippen molar-refractivity contribution >= 4 is 5.69 Å². The number of rotatable bonds is 4. The van der Waals surface area contributed by atoms with Crippen LogP contribution in [0.1, 0.15) is 18.4 Å². The lowest BCUT2D eigenvalue weighted by atomic mass is 10.2. The van der Waals surface area contributed by atoms with Crippen LogP contribution in [0, 0.1) is 0 Å². The van der Waals surface area contributed by atoms with E-state index in [1.54, 1.807) is 12.4 Å². The molecule has 1 aliphatic rings. The van der Waals surface area contributed by atoms with Gasteiger partial charge in [-0.05, 0) is 12.8 Å². The summed E-state index contributed by atoms with van der Waals surface area (Å²) in [6.07, 6.45) is 6.19. The SMILES string of the molecule is CNc1c(CN)cncc1OC1CC1. The van der Waals surface area contributed by atoms with Gasteiger partial charge in [0.15, 0.2) is 5.75 Å². The minimum absolute atomic E-state index is 0.386. The van der Waals surface area contributed by atoms with Crippen LogP contribution in [-0.2, 0) is 6.54 Å². The van der Waals surface area contributed by atoms with Gasteiger partial charge in [0, 0.05) is 25.4 Å². The van der Waals surface area contributed by atoms with E-state index < -0.39 is 0 Å². The van der Waals surface area contributed by atoms with Crippen molar-refractivity contribution in [2.45, 2.75) is 25.5 Å². The second-order valence-corrected chi connectivity index (χ2v) is 3.44. The largest absolute Gasteiger partial charge is 0.487 e. The summed E-state index contributed by atoms with van der Waals surface area (Å²) in [6, 6.07) is 0. The molecule has 1 aliphatic carbocycles. The fourth-order valence-corrected chi connectivity index (χ4v) is 1.38. The van der Waals surface area contributed by atoms with Crippen molar-refractivity contribution in [3.05, 3.63) is 18.0 Å². The van der Waals surface area contributed by atoms with E-state index in [1.807, 2.05) is 7.05 Å². The molecule has 0 radical (unpaired) electrons. The Hall–Kier alpha value is -1.29. The van der Waals surface area contributed by atoms with Crippen molar-refractivity contribution in [2.24, 2.45) is 5.73 Å². The number of pyridine rings is 1. The van der Waals surface area contributed by atoms with E-state index in [-0.39, 0.29) is 0 Å². The molecular weight excluding hydrogens is 178 g/mol. The first-order chi connectivity index (χ1) is 6.85. The maximum atomic E-state index is 5.71. The zero-order chi connectivity index (χ0) is 9.97. The number of anilines is 1. The van der Waals surface area contributed by atoms with Crippen LogP contribution in [0.4, 0.5) is 5.69 Å². The number of nitrogens with one attached hydrogen (secondary N) is 1. The van der Waals surface area contributed by atoms with Crippen LogP contribution in [0.25, 0.3) is 0 Å². The van der Waals surface area contributed by atoms with Gasteiger partial charge in [-0.3, -0.25) is 4.98 Å². The Balaban J connectivity index is 2.26. The van der Waals surface area contributed by atoms with Gasteiger partial charge in [0.05, 0.1) is 18.0 Å². The first-order valence-electron chi connectivity index (χ1n) is 4.86. The van der Waals surface area contributed by atoms with E-state index in [2.05, 4.69) is 10.3 Å². The number of hydrogen-bond donors (Lipinski definition) is 2. The fourth-order valence-electron chi connectivity index (χ4n) is 1.38. The molecule has 0 bridgehead atoms. The van der Waals surface area contributed by atoms with Gasteiger partial charge in [0.2, 0.25) is 0 Å². The number of ether oxygens (including phenoxy) is 1. The van der Waals surface area contributed by atoms with Crippen LogP contribution in [0.15, 0.2) is 12.4 Å². The minimum atomic E-state index is 0.386. The molecule has 1 aromatic rings. The molecule has 1 heterocycles. The molecule has 0 atom stereocenters. The van der Waals surface area contributed by atoms with Gasteiger partial charge in [-0.15, -0.1) is 0 Å². The molecule has 1 fully saturated rings. The van der Waals surface area contributed by atoms with Gasteiger partial charge in [0.1, 0.15) is 0 Å². The molecule has 0 aromatic carbocycles. The lowest BCUT2D eigenvalue weighted by Gasteiger charge is -2.12.